The largest absolute Gasteiger partial charge is 0.364 e. The summed E-state index contributed by atoms with van der Waals surface area (Å²) in [6.07, 6.45) is 4.13. The minimum Gasteiger partial charge on any atom is -0.364 e. The van der Waals surface area contributed by atoms with E-state index < -0.39 is 0 Å². The summed E-state index contributed by atoms with van der Waals surface area (Å²) in [4.78, 5) is 14.4. The molecule has 0 aromatic carbocycles. The maximum absolute atomic E-state index is 12.4. The van der Waals surface area contributed by atoms with Crippen molar-refractivity contribution >= 4 is 5.91 Å². The second-order valence-electron chi connectivity index (χ2n) is 5.59. The van der Waals surface area contributed by atoms with Gasteiger partial charge in [0.25, 0.3) is 5.91 Å². The van der Waals surface area contributed by atoms with Crippen molar-refractivity contribution in [3.63, 3.8) is 0 Å². The average Bonchev–Trinajstić information content (AvgIpc) is 2.99. The highest BCUT2D eigenvalue weighted by Gasteiger charge is 2.36. The Kier molecular flexibility index (Phi) is 4.05. The fourth-order valence-electron chi connectivity index (χ4n) is 2.38. The van der Waals surface area contributed by atoms with Crippen LogP contribution in [0.2, 0.25) is 0 Å². The molecule has 1 aliphatic carbocycles. The molecule has 2 fully saturated rings. The van der Waals surface area contributed by atoms with Crippen molar-refractivity contribution in [3.05, 3.63) is 0 Å². The van der Waals surface area contributed by atoms with Gasteiger partial charge in [-0.05, 0) is 45.4 Å². The quantitative estimate of drug-likeness (QED) is 0.784. The van der Waals surface area contributed by atoms with Gasteiger partial charge in [0, 0.05) is 19.1 Å². The van der Waals surface area contributed by atoms with Gasteiger partial charge in [-0.2, -0.15) is 0 Å². The molecule has 98 valence electrons. The molecule has 1 amide bonds. The standard InChI is InChI=1S/C13H24N2O2/c1-9(2)15(8-10-3-4-10)13(16)12-6-5-11(7-14)17-12/h9-12H,3-8,14H2,1-2H3. The van der Waals surface area contributed by atoms with Crippen molar-refractivity contribution in [1.29, 1.82) is 0 Å². The molecule has 0 spiro atoms. The van der Waals surface area contributed by atoms with Crippen LogP contribution in [0.15, 0.2) is 0 Å². The molecule has 2 atom stereocenters. The Morgan fingerprint density at radius 2 is 2.06 bits per heavy atom. The Balaban J connectivity index is 1.91. The highest BCUT2D eigenvalue weighted by molar-refractivity contribution is 5.81. The van der Waals surface area contributed by atoms with E-state index in [1.54, 1.807) is 0 Å². The van der Waals surface area contributed by atoms with E-state index in [-0.39, 0.29) is 24.2 Å². The van der Waals surface area contributed by atoms with Crippen molar-refractivity contribution < 1.29 is 9.53 Å². The van der Waals surface area contributed by atoms with E-state index in [0.29, 0.717) is 6.54 Å². The van der Waals surface area contributed by atoms with Gasteiger partial charge < -0.3 is 15.4 Å². The zero-order valence-electron chi connectivity index (χ0n) is 10.9. The van der Waals surface area contributed by atoms with Crippen molar-refractivity contribution in [2.24, 2.45) is 11.7 Å². The summed E-state index contributed by atoms with van der Waals surface area (Å²) >= 11 is 0. The van der Waals surface area contributed by atoms with Crippen LogP contribution < -0.4 is 5.73 Å². The molecule has 0 aromatic heterocycles. The highest BCUT2D eigenvalue weighted by atomic mass is 16.5. The normalized spacial score (nSPS) is 28.7. The minimum atomic E-state index is -0.246. The maximum Gasteiger partial charge on any atom is 0.251 e. The first-order valence-corrected chi connectivity index (χ1v) is 6.77. The van der Waals surface area contributed by atoms with Gasteiger partial charge in [0.2, 0.25) is 0 Å². The van der Waals surface area contributed by atoms with E-state index in [2.05, 4.69) is 13.8 Å². The molecule has 0 radical (unpaired) electrons. The molecule has 4 heteroatoms. The molecule has 2 aliphatic rings. The summed E-state index contributed by atoms with van der Waals surface area (Å²) in [6.45, 7) is 5.59. The molecule has 1 saturated heterocycles. The topological polar surface area (TPSA) is 55.6 Å². The lowest BCUT2D eigenvalue weighted by molar-refractivity contribution is -0.144. The summed E-state index contributed by atoms with van der Waals surface area (Å²) in [5.74, 6) is 0.899. The lowest BCUT2D eigenvalue weighted by Gasteiger charge is -2.29. The van der Waals surface area contributed by atoms with Crippen LogP contribution in [-0.2, 0) is 9.53 Å². The third-order valence-corrected chi connectivity index (χ3v) is 3.70. The van der Waals surface area contributed by atoms with Gasteiger partial charge in [0.1, 0.15) is 6.10 Å². The number of nitrogens with zero attached hydrogens (tertiary/aromatic N) is 1. The van der Waals surface area contributed by atoms with E-state index >= 15 is 0 Å². The first-order valence-electron chi connectivity index (χ1n) is 6.77. The Hall–Kier alpha value is -0.610. The first kappa shape index (κ1) is 12.8. The molecule has 17 heavy (non-hydrogen) atoms. The molecule has 4 nitrogen and oxygen atoms in total. The lowest BCUT2D eigenvalue weighted by Crippen LogP contribution is -2.44. The van der Waals surface area contributed by atoms with E-state index in [1.807, 2.05) is 4.90 Å². The molecule has 1 heterocycles. The summed E-state index contributed by atoms with van der Waals surface area (Å²) < 4.78 is 5.69. The highest BCUT2D eigenvalue weighted by Crippen LogP contribution is 2.31. The molecule has 2 rings (SSSR count). The Labute approximate surface area is 103 Å². The van der Waals surface area contributed by atoms with Crippen LogP contribution in [-0.4, -0.2) is 42.1 Å². The van der Waals surface area contributed by atoms with Crippen LogP contribution >= 0.6 is 0 Å². The van der Waals surface area contributed by atoms with E-state index in [9.17, 15) is 4.79 Å². The van der Waals surface area contributed by atoms with Gasteiger partial charge in [-0.25, -0.2) is 0 Å². The molecular formula is C13H24N2O2. The van der Waals surface area contributed by atoms with Crippen molar-refractivity contribution in [2.45, 2.75) is 57.8 Å². The molecular weight excluding hydrogens is 216 g/mol. The number of hydrogen-bond donors (Lipinski definition) is 1. The summed E-state index contributed by atoms with van der Waals surface area (Å²) in [6, 6.07) is 0.267. The Bertz CT molecular complexity index is 277. The molecule has 2 unspecified atom stereocenters. The van der Waals surface area contributed by atoms with Crippen LogP contribution in [0.3, 0.4) is 0 Å². The number of rotatable bonds is 5. The number of amides is 1. The summed E-state index contributed by atoms with van der Waals surface area (Å²) in [7, 11) is 0. The van der Waals surface area contributed by atoms with Gasteiger partial charge in [0.15, 0.2) is 0 Å². The average molecular weight is 240 g/mol. The van der Waals surface area contributed by atoms with Crippen molar-refractivity contribution in [1.82, 2.24) is 4.90 Å². The van der Waals surface area contributed by atoms with Gasteiger partial charge >= 0.3 is 0 Å². The van der Waals surface area contributed by atoms with Crippen molar-refractivity contribution in [3.8, 4) is 0 Å². The number of carbonyl (C=O) groups is 1. The number of ether oxygens (including phenoxy) is 1. The predicted molar refractivity (Wildman–Crippen MR) is 66.5 cm³/mol. The first-order chi connectivity index (χ1) is 8.11. The third-order valence-electron chi connectivity index (χ3n) is 3.70. The molecule has 0 aromatic rings. The zero-order valence-corrected chi connectivity index (χ0v) is 10.9. The number of nitrogens with two attached hydrogens (primary N) is 1. The van der Waals surface area contributed by atoms with Crippen molar-refractivity contribution in [2.75, 3.05) is 13.1 Å². The zero-order chi connectivity index (χ0) is 12.4. The van der Waals surface area contributed by atoms with Crippen LogP contribution in [0.25, 0.3) is 0 Å². The van der Waals surface area contributed by atoms with Crippen LogP contribution in [0.4, 0.5) is 0 Å². The molecule has 0 bridgehead atoms. The fourth-order valence-corrected chi connectivity index (χ4v) is 2.38. The van der Waals surface area contributed by atoms with Crippen LogP contribution in [0.5, 0.6) is 0 Å². The molecule has 1 aliphatic heterocycles. The second-order valence-corrected chi connectivity index (χ2v) is 5.59. The van der Waals surface area contributed by atoms with E-state index in [1.165, 1.54) is 12.8 Å². The Morgan fingerprint density at radius 1 is 1.35 bits per heavy atom. The van der Waals surface area contributed by atoms with Gasteiger partial charge in [-0.1, -0.05) is 0 Å². The molecule has 1 saturated carbocycles. The van der Waals surface area contributed by atoms with Gasteiger partial charge in [0.05, 0.1) is 6.10 Å². The fraction of sp³-hybridized carbons (Fsp3) is 0.923. The minimum absolute atomic E-state index is 0.0823. The second kappa shape index (κ2) is 5.36. The predicted octanol–water partition coefficient (Wildman–Crippen LogP) is 1.14. The molecule has 2 N–H and O–H groups in total. The maximum atomic E-state index is 12.4. The number of hydrogen-bond acceptors (Lipinski definition) is 3. The van der Waals surface area contributed by atoms with E-state index in [4.69, 9.17) is 10.5 Å². The smallest absolute Gasteiger partial charge is 0.251 e. The van der Waals surface area contributed by atoms with E-state index in [0.717, 1.165) is 25.3 Å². The summed E-state index contributed by atoms with van der Waals surface area (Å²) in [5, 5.41) is 0. The Morgan fingerprint density at radius 3 is 2.53 bits per heavy atom. The SMILES string of the molecule is CC(C)N(CC1CC1)C(=O)C1CCC(CN)O1. The number of carbonyl (C=O) groups excluding carboxylic acids is 1. The third kappa shape index (κ3) is 3.19. The van der Waals surface area contributed by atoms with Crippen LogP contribution in [0.1, 0.15) is 39.5 Å². The van der Waals surface area contributed by atoms with Gasteiger partial charge in [-0.15, -0.1) is 0 Å². The summed E-state index contributed by atoms with van der Waals surface area (Å²) in [5.41, 5.74) is 5.57. The van der Waals surface area contributed by atoms with Crippen LogP contribution in [0, 0.1) is 5.92 Å². The lowest BCUT2D eigenvalue weighted by atomic mass is 10.1. The van der Waals surface area contributed by atoms with Gasteiger partial charge in [-0.3, -0.25) is 4.79 Å². The monoisotopic (exact) mass is 240 g/mol.